The lowest BCUT2D eigenvalue weighted by Gasteiger charge is -2.25. The summed E-state index contributed by atoms with van der Waals surface area (Å²) in [5.74, 6) is 0. The van der Waals surface area contributed by atoms with Crippen molar-refractivity contribution in [1.29, 1.82) is 0 Å². The van der Waals surface area contributed by atoms with Gasteiger partial charge in [-0.05, 0) is 12.6 Å². The van der Waals surface area contributed by atoms with Gasteiger partial charge in [-0.25, -0.2) is 0 Å². The van der Waals surface area contributed by atoms with Crippen LogP contribution in [-0.2, 0) is 12.1 Å². The molecule has 0 saturated carbocycles. The van der Waals surface area contributed by atoms with Gasteiger partial charge in [0.2, 0.25) is 0 Å². The SMILES string of the molecule is CNC(Cc1ccccc1)(c1ccccc1)[N+](=O)[O-].Cl. The van der Waals surface area contributed by atoms with E-state index in [9.17, 15) is 10.1 Å². The third-order valence-electron chi connectivity index (χ3n) is 3.28. The molecule has 0 aromatic heterocycles. The van der Waals surface area contributed by atoms with Crippen LogP contribution in [0, 0.1) is 10.1 Å². The van der Waals surface area contributed by atoms with E-state index in [4.69, 9.17) is 0 Å². The van der Waals surface area contributed by atoms with Crippen LogP contribution < -0.4 is 5.32 Å². The maximum atomic E-state index is 11.6. The van der Waals surface area contributed by atoms with E-state index in [2.05, 4.69) is 5.32 Å². The first kappa shape index (κ1) is 16.1. The van der Waals surface area contributed by atoms with Crippen LogP contribution >= 0.6 is 12.4 Å². The average molecular weight is 293 g/mol. The Balaban J connectivity index is 0.00000200. The van der Waals surface area contributed by atoms with E-state index in [1.165, 1.54) is 0 Å². The zero-order valence-electron chi connectivity index (χ0n) is 11.2. The predicted molar refractivity (Wildman–Crippen MR) is 81.6 cm³/mol. The molecule has 0 radical (unpaired) electrons. The van der Waals surface area contributed by atoms with E-state index >= 15 is 0 Å². The van der Waals surface area contributed by atoms with Gasteiger partial charge in [0.05, 0.1) is 6.42 Å². The molecule has 5 heteroatoms. The smallest absolute Gasteiger partial charge is 0.262 e. The van der Waals surface area contributed by atoms with Gasteiger partial charge in [-0.1, -0.05) is 60.7 Å². The van der Waals surface area contributed by atoms with Crippen molar-refractivity contribution in [2.24, 2.45) is 0 Å². The van der Waals surface area contributed by atoms with Crippen LogP contribution in [0.15, 0.2) is 60.7 Å². The molecule has 0 fully saturated rings. The van der Waals surface area contributed by atoms with Gasteiger partial charge in [0.15, 0.2) is 0 Å². The monoisotopic (exact) mass is 292 g/mol. The minimum atomic E-state index is -1.29. The molecule has 0 aliphatic heterocycles. The molecule has 0 heterocycles. The summed E-state index contributed by atoms with van der Waals surface area (Å²) < 4.78 is 0. The zero-order valence-corrected chi connectivity index (χ0v) is 12.0. The molecule has 0 saturated heterocycles. The van der Waals surface area contributed by atoms with Crippen molar-refractivity contribution < 1.29 is 4.92 Å². The molecule has 0 amide bonds. The van der Waals surface area contributed by atoms with Crippen LogP contribution in [0.3, 0.4) is 0 Å². The van der Waals surface area contributed by atoms with Crippen molar-refractivity contribution in [2.75, 3.05) is 7.05 Å². The fourth-order valence-corrected chi connectivity index (χ4v) is 2.20. The van der Waals surface area contributed by atoms with Crippen molar-refractivity contribution in [3.8, 4) is 0 Å². The van der Waals surface area contributed by atoms with Gasteiger partial charge in [-0.15, -0.1) is 12.4 Å². The fourth-order valence-electron chi connectivity index (χ4n) is 2.20. The first-order valence-electron chi connectivity index (χ1n) is 6.12. The van der Waals surface area contributed by atoms with Gasteiger partial charge in [0.25, 0.3) is 0 Å². The molecule has 2 rings (SSSR count). The number of halogens is 1. The molecule has 0 aliphatic rings. The van der Waals surface area contributed by atoms with Gasteiger partial charge in [-0.2, -0.15) is 0 Å². The second kappa shape index (κ2) is 7.03. The first-order valence-corrected chi connectivity index (χ1v) is 6.12. The molecular weight excluding hydrogens is 276 g/mol. The van der Waals surface area contributed by atoms with E-state index in [-0.39, 0.29) is 17.3 Å². The lowest BCUT2D eigenvalue weighted by Crippen LogP contribution is -2.49. The Kier molecular flexibility index (Phi) is 5.67. The maximum Gasteiger partial charge on any atom is 0.304 e. The summed E-state index contributed by atoms with van der Waals surface area (Å²) in [5, 5.41) is 14.5. The number of hydrogen-bond acceptors (Lipinski definition) is 3. The Morgan fingerprint density at radius 2 is 1.55 bits per heavy atom. The van der Waals surface area contributed by atoms with E-state index in [0.717, 1.165) is 5.56 Å². The highest BCUT2D eigenvalue weighted by molar-refractivity contribution is 5.85. The molecule has 1 unspecified atom stereocenters. The van der Waals surface area contributed by atoms with E-state index < -0.39 is 5.66 Å². The predicted octanol–water partition coefficient (Wildman–Crippen LogP) is 3.00. The number of benzene rings is 2. The number of rotatable bonds is 5. The molecule has 106 valence electrons. The van der Waals surface area contributed by atoms with Gasteiger partial charge in [0, 0.05) is 10.5 Å². The standard InChI is InChI=1S/C15H16N2O2.ClH/c1-16-15(17(18)19,14-10-6-3-7-11-14)12-13-8-4-2-5-9-13;/h2-11,16H,12H2,1H3;1H. The second-order valence-electron chi connectivity index (χ2n) is 4.40. The largest absolute Gasteiger partial charge is 0.304 e. The Bertz CT molecular complexity index is 548. The molecule has 0 aliphatic carbocycles. The number of nitrogens with zero attached hydrogens (tertiary/aromatic N) is 1. The van der Waals surface area contributed by atoms with Gasteiger partial charge in [0.1, 0.15) is 0 Å². The molecule has 2 aromatic rings. The molecule has 4 nitrogen and oxygen atoms in total. The Morgan fingerprint density at radius 1 is 1.05 bits per heavy atom. The highest BCUT2D eigenvalue weighted by Crippen LogP contribution is 2.26. The fraction of sp³-hybridized carbons (Fsp3) is 0.200. The number of likely N-dealkylation sites (N-methyl/N-ethyl adjacent to an activating group) is 1. The van der Waals surface area contributed by atoms with E-state index in [0.29, 0.717) is 12.0 Å². The second-order valence-corrected chi connectivity index (χ2v) is 4.40. The van der Waals surface area contributed by atoms with Crippen molar-refractivity contribution >= 4 is 12.4 Å². The highest BCUT2D eigenvalue weighted by atomic mass is 35.5. The van der Waals surface area contributed by atoms with Crippen LogP contribution in [-0.4, -0.2) is 12.0 Å². The van der Waals surface area contributed by atoms with Crippen LogP contribution in [0.1, 0.15) is 11.1 Å². The summed E-state index contributed by atoms with van der Waals surface area (Å²) in [7, 11) is 1.62. The minimum Gasteiger partial charge on any atom is -0.262 e. The zero-order chi connectivity index (χ0) is 13.7. The van der Waals surface area contributed by atoms with Crippen LogP contribution in [0.5, 0.6) is 0 Å². The summed E-state index contributed by atoms with van der Waals surface area (Å²) in [4.78, 5) is 11.3. The lowest BCUT2D eigenvalue weighted by molar-refractivity contribution is -0.587. The molecule has 0 bridgehead atoms. The van der Waals surface area contributed by atoms with Gasteiger partial charge in [-0.3, -0.25) is 15.4 Å². The quantitative estimate of drug-likeness (QED) is 0.523. The summed E-state index contributed by atoms with van der Waals surface area (Å²) in [6.45, 7) is 0. The normalized spacial score (nSPS) is 13.1. The summed E-state index contributed by atoms with van der Waals surface area (Å²) in [6.07, 6.45) is 0.307. The average Bonchev–Trinajstić information content (AvgIpc) is 2.46. The molecule has 0 spiro atoms. The topological polar surface area (TPSA) is 55.2 Å². The van der Waals surface area contributed by atoms with Gasteiger partial charge >= 0.3 is 5.66 Å². The van der Waals surface area contributed by atoms with Gasteiger partial charge < -0.3 is 0 Å². The van der Waals surface area contributed by atoms with E-state index in [1.54, 1.807) is 19.2 Å². The molecule has 1 N–H and O–H groups in total. The molecular formula is C15H17ClN2O2. The van der Waals surface area contributed by atoms with E-state index in [1.807, 2.05) is 48.5 Å². The molecule has 1 atom stereocenters. The first-order chi connectivity index (χ1) is 9.19. The lowest BCUT2D eigenvalue weighted by atomic mass is 9.92. The number of hydrogen-bond donors (Lipinski definition) is 1. The summed E-state index contributed by atoms with van der Waals surface area (Å²) >= 11 is 0. The maximum absolute atomic E-state index is 11.6. The number of nitrogens with one attached hydrogen (secondary N) is 1. The van der Waals surface area contributed by atoms with Crippen molar-refractivity contribution in [1.82, 2.24) is 5.32 Å². The summed E-state index contributed by atoms with van der Waals surface area (Å²) in [5.41, 5.74) is 0.298. The van der Waals surface area contributed by atoms with Crippen molar-refractivity contribution in [2.45, 2.75) is 12.1 Å². The highest BCUT2D eigenvalue weighted by Gasteiger charge is 2.43. The minimum absolute atomic E-state index is 0. The van der Waals surface area contributed by atoms with Crippen molar-refractivity contribution in [3.05, 3.63) is 81.9 Å². The third-order valence-corrected chi connectivity index (χ3v) is 3.28. The van der Waals surface area contributed by atoms with Crippen LogP contribution in [0.4, 0.5) is 0 Å². The number of nitro groups is 1. The van der Waals surface area contributed by atoms with Crippen molar-refractivity contribution in [3.63, 3.8) is 0 Å². The third kappa shape index (κ3) is 3.15. The van der Waals surface area contributed by atoms with Crippen LogP contribution in [0.2, 0.25) is 0 Å². The Labute approximate surface area is 124 Å². The van der Waals surface area contributed by atoms with Crippen LogP contribution in [0.25, 0.3) is 0 Å². The molecule has 20 heavy (non-hydrogen) atoms. The molecule has 2 aromatic carbocycles. The Morgan fingerprint density at radius 3 is 2.00 bits per heavy atom. The summed E-state index contributed by atoms with van der Waals surface area (Å²) in [6, 6.07) is 18.5. The Hall–Kier alpha value is -1.91.